The fourth-order valence-corrected chi connectivity index (χ4v) is 6.75. The number of halogens is 3. The van der Waals surface area contributed by atoms with E-state index >= 15 is 0 Å². The number of nitrogens with one attached hydrogen (secondary N) is 1. The van der Waals surface area contributed by atoms with Gasteiger partial charge in [-0.2, -0.15) is 13.2 Å². The summed E-state index contributed by atoms with van der Waals surface area (Å²) >= 11 is 1.10. The average molecular weight is 562 g/mol. The van der Waals surface area contributed by atoms with Crippen molar-refractivity contribution in [3.63, 3.8) is 0 Å². The Kier molecular flexibility index (Phi) is 7.39. The monoisotopic (exact) mass is 561 g/mol. The summed E-state index contributed by atoms with van der Waals surface area (Å²) in [5.41, 5.74) is 2.51. The number of rotatable bonds is 6. The molecule has 0 saturated carbocycles. The first-order chi connectivity index (χ1) is 17.7. The third kappa shape index (κ3) is 6.06. The molecule has 6 nitrogen and oxygen atoms in total. The van der Waals surface area contributed by atoms with Gasteiger partial charge in [0.15, 0.2) is 0 Å². The molecule has 0 aliphatic rings. The summed E-state index contributed by atoms with van der Waals surface area (Å²) in [6.45, 7) is 7.09. The van der Waals surface area contributed by atoms with Crippen LogP contribution in [-0.4, -0.2) is 31.0 Å². The molecular formula is C27H26F3N3O3S2. The Morgan fingerprint density at radius 3 is 2.29 bits per heavy atom. The normalized spacial score (nSPS) is 12.5. The van der Waals surface area contributed by atoms with E-state index in [1.807, 2.05) is 0 Å². The van der Waals surface area contributed by atoms with Crippen LogP contribution < -0.4 is 9.46 Å². The first-order valence-electron chi connectivity index (χ1n) is 11.5. The summed E-state index contributed by atoms with van der Waals surface area (Å²) in [6.07, 6.45) is -2.96. The van der Waals surface area contributed by atoms with E-state index in [0.29, 0.717) is 39.3 Å². The number of thiophene rings is 1. The van der Waals surface area contributed by atoms with Gasteiger partial charge in [-0.3, -0.25) is 9.97 Å². The number of pyridine rings is 2. The molecule has 0 spiro atoms. The second kappa shape index (κ2) is 10.1. The zero-order valence-corrected chi connectivity index (χ0v) is 23.0. The lowest BCUT2D eigenvalue weighted by Gasteiger charge is -2.20. The number of benzene rings is 1. The Morgan fingerprint density at radius 1 is 0.921 bits per heavy atom. The highest BCUT2D eigenvalue weighted by Crippen LogP contribution is 2.39. The number of aromatic nitrogens is 2. The summed E-state index contributed by atoms with van der Waals surface area (Å²) in [7, 11) is -2.58. The van der Waals surface area contributed by atoms with Crippen LogP contribution in [-0.2, 0) is 16.2 Å². The van der Waals surface area contributed by atoms with Gasteiger partial charge in [0.1, 0.15) is 9.96 Å². The maximum atomic E-state index is 13.3. The zero-order chi connectivity index (χ0) is 27.9. The van der Waals surface area contributed by atoms with Gasteiger partial charge in [0.2, 0.25) is 0 Å². The van der Waals surface area contributed by atoms with Crippen LogP contribution in [0, 0.1) is 6.92 Å². The molecule has 200 valence electrons. The van der Waals surface area contributed by atoms with Crippen molar-refractivity contribution < 1.29 is 26.3 Å². The summed E-state index contributed by atoms with van der Waals surface area (Å²) < 4.78 is 73.8. The molecule has 0 atom stereocenters. The summed E-state index contributed by atoms with van der Waals surface area (Å²) in [5.74, 6) is -0.271. The van der Waals surface area contributed by atoms with Crippen molar-refractivity contribution in [2.24, 2.45) is 0 Å². The van der Waals surface area contributed by atoms with Crippen molar-refractivity contribution in [1.82, 2.24) is 14.7 Å². The van der Waals surface area contributed by atoms with Gasteiger partial charge >= 0.3 is 6.18 Å². The lowest BCUT2D eigenvalue weighted by Crippen LogP contribution is -2.40. The SMILES string of the molecule is COc1cc(-c2cc(C)nc(-c3ccnc(-c4ccsc4S(=O)(=O)NC(C)(C)C)c3)c2)ccc1C(F)(F)F. The second-order valence-electron chi connectivity index (χ2n) is 9.70. The van der Waals surface area contributed by atoms with Gasteiger partial charge in [0, 0.05) is 28.6 Å². The van der Waals surface area contributed by atoms with E-state index in [2.05, 4.69) is 14.7 Å². The molecule has 11 heteroatoms. The Morgan fingerprint density at radius 2 is 1.63 bits per heavy atom. The predicted octanol–water partition coefficient (Wildman–Crippen LogP) is 6.95. The van der Waals surface area contributed by atoms with Gasteiger partial charge in [-0.15, -0.1) is 11.3 Å². The van der Waals surface area contributed by atoms with E-state index in [-0.39, 0.29) is 9.96 Å². The Hall–Kier alpha value is -3.28. The van der Waals surface area contributed by atoms with Crippen molar-refractivity contribution in [1.29, 1.82) is 0 Å². The van der Waals surface area contributed by atoms with E-state index in [1.165, 1.54) is 19.2 Å². The van der Waals surface area contributed by atoms with Crippen LogP contribution in [0.3, 0.4) is 0 Å². The summed E-state index contributed by atoms with van der Waals surface area (Å²) in [5, 5.41) is 1.70. The smallest absolute Gasteiger partial charge is 0.419 e. The molecule has 0 bridgehead atoms. The van der Waals surface area contributed by atoms with Crippen molar-refractivity contribution >= 4 is 21.4 Å². The molecule has 1 aromatic carbocycles. The highest BCUT2D eigenvalue weighted by atomic mass is 32.2. The van der Waals surface area contributed by atoms with Crippen molar-refractivity contribution in [2.45, 2.75) is 43.6 Å². The molecule has 0 aliphatic heterocycles. The van der Waals surface area contributed by atoms with E-state index < -0.39 is 27.3 Å². The molecule has 3 heterocycles. The number of hydrogen-bond donors (Lipinski definition) is 1. The number of alkyl halides is 3. The molecule has 0 unspecified atom stereocenters. The third-order valence-corrected chi connectivity index (χ3v) is 8.68. The van der Waals surface area contributed by atoms with E-state index in [1.54, 1.807) is 69.6 Å². The van der Waals surface area contributed by atoms with Crippen LogP contribution in [0.1, 0.15) is 32.0 Å². The minimum atomic E-state index is -4.53. The lowest BCUT2D eigenvalue weighted by atomic mass is 10.00. The topological polar surface area (TPSA) is 81.2 Å². The number of ether oxygens (including phenoxy) is 1. The molecule has 0 saturated heterocycles. The highest BCUT2D eigenvalue weighted by Gasteiger charge is 2.34. The third-order valence-electron chi connectivity index (χ3n) is 5.44. The van der Waals surface area contributed by atoms with Crippen molar-refractivity contribution in [3.8, 4) is 39.4 Å². The van der Waals surface area contributed by atoms with Gasteiger partial charge in [0.05, 0.1) is 24.1 Å². The molecule has 4 aromatic rings. The quantitative estimate of drug-likeness (QED) is 0.276. The summed E-state index contributed by atoms with van der Waals surface area (Å²) in [6, 6.07) is 12.5. The molecule has 0 fully saturated rings. The molecule has 4 rings (SSSR count). The number of nitrogens with zero attached hydrogens (tertiary/aromatic N) is 2. The first-order valence-corrected chi connectivity index (χ1v) is 13.9. The number of methoxy groups -OCH3 is 1. The number of hydrogen-bond acceptors (Lipinski definition) is 6. The molecule has 0 amide bonds. The number of sulfonamides is 1. The van der Waals surface area contributed by atoms with Crippen LogP contribution in [0.25, 0.3) is 33.6 Å². The molecule has 38 heavy (non-hydrogen) atoms. The van der Waals surface area contributed by atoms with Crippen molar-refractivity contribution in [3.05, 3.63) is 71.4 Å². The maximum Gasteiger partial charge on any atom is 0.419 e. The largest absolute Gasteiger partial charge is 0.496 e. The lowest BCUT2D eigenvalue weighted by molar-refractivity contribution is -0.138. The Labute approximate surface area is 223 Å². The zero-order valence-electron chi connectivity index (χ0n) is 21.3. The predicted molar refractivity (Wildman–Crippen MR) is 143 cm³/mol. The van der Waals surface area contributed by atoms with Gasteiger partial charge in [-0.1, -0.05) is 6.07 Å². The standard InChI is InChI=1S/C27H26F3N3O3S2/c1-16-12-19(17-6-7-21(27(28,29)30)24(15-17)36-5)14-22(32-16)18-8-10-31-23(13-18)20-9-11-37-25(20)38(34,35)33-26(2,3)4/h6-15,33H,1-5H3. The molecule has 1 N–H and O–H groups in total. The first kappa shape index (κ1) is 27.7. The van der Waals surface area contributed by atoms with E-state index in [9.17, 15) is 21.6 Å². The highest BCUT2D eigenvalue weighted by molar-refractivity contribution is 7.91. The van der Waals surface area contributed by atoms with Gasteiger partial charge in [-0.05, 0) is 86.7 Å². The molecular weight excluding hydrogens is 535 g/mol. The number of aryl methyl sites for hydroxylation is 1. The van der Waals surface area contributed by atoms with E-state index in [4.69, 9.17) is 4.74 Å². The van der Waals surface area contributed by atoms with Gasteiger partial charge in [0.25, 0.3) is 10.0 Å². The molecule has 0 aliphatic carbocycles. The molecule has 0 radical (unpaired) electrons. The van der Waals surface area contributed by atoms with Crippen molar-refractivity contribution in [2.75, 3.05) is 7.11 Å². The van der Waals surface area contributed by atoms with Crippen LogP contribution in [0.4, 0.5) is 13.2 Å². The minimum Gasteiger partial charge on any atom is -0.496 e. The van der Waals surface area contributed by atoms with Crippen LogP contribution in [0.5, 0.6) is 5.75 Å². The minimum absolute atomic E-state index is 0.159. The second-order valence-corrected chi connectivity index (χ2v) is 12.5. The molecule has 3 aromatic heterocycles. The maximum absolute atomic E-state index is 13.3. The fourth-order valence-electron chi connectivity index (χ4n) is 3.97. The summed E-state index contributed by atoms with van der Waals surface area (Å²) in [4.78, 5) is 9.00. The average Bonchev–Trinajstić information content (AvgIpc) is 3.33. The Balaban J connectivity index is 1.76. The van der Waals surface area contributed by atoms with Crippen LogP contribution >= 0.6 is 11.3 Å². The van der Waals surface area contributed by atoms with Gasteiger partial charge in [-0.25, -0.2) is 13.1 Å². The fraction of sp³-hybridized carbons (Fsp3) is 0.259. The Bertz CT molecular complexity index is 1590. The van der Waals surface area contributed by atoms with Crippen LogP contribution in [0.15, 0.2) is 64.3 Å². The van der Waals surface area contributed by atoms with Crippen LogP contribution in [0.2, 0.25) is 0 Å². The van der Waals surface area contributed by atoms with Gasteiger partial charge < -0.3 is 4.74 Å². The van der Waals surface area contributed by atoms with E-state index in [0.717, 1.165) is 17.4 Å².